The van der Waals surface area contributed by atoms with Gasteiger partial charge < -0.3 is 5.11 Å². The fourth-order valence-corrected chi connectivity index (χ4v) is 3.57. The number of carboxylic acids is 1. The van der Waals surface area contributed by atoms with Crippen molar-refractivity contribution in [3.05, 3.63) is 65.5 Å². The normalized spacial score (nSPS) is 11.2. The second kappa shape index (κ2) is 10.8. The molecule has 31 heavy (non-hydrogen) atoms. The van der Waals surface area contributed by atoms with Crippen LogP contribution in [-0.2, 0) is 19.4 Å². The van der Waals surface area contributed by atoms with Gasteiger partial charge in [0, 0.05) is 24.6 Å². The summed E-state index contributed by atoms with van der Waals surface area (Å²) in [6.07, 6.45) is 7.94. The third-order valence-electron chi connectivity index (χ3n) is 5.35. The number of benzene rings is 1. The molecule has 0 saturated carbocycles. The molecule has 0 aliphatic heterocycles. The van der Waals surface area contributed by atoms with E-state index in [0.29, 0.717) is 18.0 Å². The fraction of sp³-hybridized carbons (Fsp3) is 0.440. The Bertz CT molecular complexity index is 993. The van der Waals surface area contributed by atoms with Crippen LogP contribution >= 0.6 is 0 Å². The molecule has 0 radical (unpaired) electrons. The van der Waals surface area contributed by atoms with E-state index < -0.39 is 5.97 Å². The lowest BCUT2D eigenvalue weighted by atomic mass is 10.0. The first kappa shape index (κ1) is 22.7. The first-order valence-corrected chi connectivity index (χ1v) is 11.2. The number of pyridine rings is 1. The maximum Gasteiger partial charge on any atom is 0.355 e. The first-order valence-electron chi connectivity index (χ1n) is 11.2. The Kier molecular flexibility index (Phi) is 7.93. The summed E-state index contributed by atoms with van der Waals surface area (Å²) in [7, 11) is 0. The van der Waals surface area contributed by atoms with Gasteiger partial charge in [0.15, 0.2) is 11.5 Å². The number of rotatable bonds is 11. The van der Waals surface area contributed by atoms with Gasteiger partial charge in [-0.1, -0.05) is 63.9 Å². The number of hydrogen-bond acceptors (Lipinski definition) is 4. The van der Waals surface area contributed by atoms with E-state index in [4.69, 9.17) is 10.1 Å². The molecule has 164 valence electrons. The molecule has 0 fully saturated rings. The number of carboxylic acid groups (broad SMARTS) is 1. The quantitative estimate of drug-likeness (QED) is 0.420. The standard InChI is InChI=1S/C25H32N4O2/c1-4-5-6-9-23-27-22(15-10-18(2)3)28-29(23)17-19-11-13-20(14-12-19)21-8-7-16-26-24(21)25(30)31/h7-8,11-14,16,18H,4-6,9-10,15,17H2,1-3H3,(H,30,31). The summed E-state index contributed by atoms with van der Waals surface area (Å²) >= 11 is 0. The average Bonchev–Trinajstić information content (AvgIpc) is 3.14. The number of carbonyl (C=O) groups is 1. The molecule has 0 amide bonds. The molecule has 6 nitrogen and oxygen atoms in total. The van der Waals surface area contributed by atoms with E-state index in [1.54, 1.807) is 12.1 Å². The summed E-state index contributed by atoms with van der Waals surface area (Å²) in [6.45, 7) is 7.31. The molecule has 0 aliphatic carbocycles. The molecule has 2 aromatic heterocycles. The highest BCUT2D eigenvalue weighted by molar-refractivity contribution is 5.93. The zero-order valence-corrected chi connectivity index (χ0v) is 18.7. The van der Waals surface area contributed by atoms with Gasteiger partial charge in [-0.25, -0.2) is 19.4 Å². The Labute approximate surface area is 184 Å². The van der Waals surface area contributed by atoms with E-state index in [1.165, 1.54) is 19.0 Å². The van der Waals surface area contributed by atoms with Crippen LogP contribution in [0, 0.1) is 5.92 Å². The second-order valence-electron chi connectivity index (χ2n) is 8.39. The number of unbranched alkanes of at least 4 members (excludes halogenated alkanes) is 2. The topological polar surface area (TPSA) is 80.9 Å². The van der Waals surface area contributed by atoms with Crippen LogP contribution in [0.2, 0.25) is 0 Å². The van der Waals surface area contributed by atoms with Crippen LogP contribution in [0.15, 0.2) is 42.6 Å². The van der Waals surface area contributed by atoms with Gasteiger partial charge in [0.05, 0.1) is 6.54 Å². The minimum atomic E-state index is -1.02. The van der Waals surface area contributed by atoms with Crippen molar-refractivity contribution < 1.29 is 9.90 Å². The van der Waals surface area contributed by atoms with Crippen molar-refractivity contribution in [1.29, 1.82) is 0 Å². The van der Waals surface area contributed by atoms with Gasteiger partial charge in [0.2, 0.25) is 0 Å². The van der Waals surface area contributed by atoms with Crippen LogP contribution in [0.4, 0.5) is 0 Å². The molecular weight excluding hydrogens is 388 g/mol. The fourth-order valence-electron chi connectivity index (χ4n) is 3.57. The van der Waals surface area contributed by atoms with Crippen LogP contribution in [-0.4, -0.2) is 30.8 Å². The van der Waals surface area contributed by atoms with Crippen LogP contribution in [0.3, 0.4) is 0 Å². The Morgan fingerprint density at radius 2 is 1.87 bits per heavy atom. The Hall–Kier alpha value is -3.02. The average molecular weight is 421 g/mol. The Balaban J connectivity index is 1.79. The molecule has 0 bridgehead atoms. The van der Waals surface area contributed by atoms with Crippen molar-refractivity contribution >= 4 is 5.97 Å². The number of nitrogens with zero attached hydrogens (tertiary/aromatic N) is 4. The van der Waals surface area contributed by atoms with E-state index in [-0.39, 0.29) is 5.69 Å². The number of hydrogen-bond donors (Lipinski definition) is 1. The van der Waals surface area contributed by atoms with Gasteiger partial charge in [0.25, 0.3) is 0 Å². The molecule has 0 unspecified atom stereocenters. The molecule has 1 aromatic carbocycles. The summed E-state index contributed by atoms with van der Waals surface area (Å²) in [5.41, 5.74) is 2.65. The second-order valence-corrected chi connectivity index (χ2v) is 8.39. The zero-order valence-electron chi connectivity index (χ0n) is 18.7. The van der Waals surface area contributed by atoms with Crippen molar-refractivity contribution in [3.8, 4) is 11.1 Å². The maximum atomic E-state index is 11.5. The van der Waals surface area contributed by atoms with Gasteiger partial charge in [0.1, 0.15) is 5.82 Å². The molecular formula is C25H32N4O2. The van der Waals surface area contributed by atoms with Crippen molar-refractivity contribution in [3.63, 3.8) is 0 Å². The minimum Gasteiger partial charge on any atom is -0.476 e. The van der Waals surface area contributed by atoms with Crippen LogP contribution in [0.1, 0.15) is 74.2 Å². The van der Waals surface area contributed by atoms with Gasteiger partial charge in [-0.2, -0.15) is 5.10 Å². The lowest BCUT2D eigenvalue weighted by Gasteiger charge is -2.09. The highest BCUT2D eigenvalue weighted by atomic mass is 16.4. The van der Waals surface area contributed by atoms with E-state index >= 15 is 0 Å². The molecule has 0 atom stereocenters. The van der Waals surface area contributed by atoms with Crippen molar-refractivity contribution in [1.82, 2.24) is 19.7 Å². The number of aromatic carboxylic acids is 1. The molecule has 0 spiro atoms. The molecule has 3 aromatic rings. The molecule has 6 heteroatoms. The van der Waals surface area contributed by atoms with Crippen LogP contribution in [0.25, 0.3) is 11.1 Å². The Morgan fingerprint density at radius 3 is 2.55 bits per heavy atom. The van der Waals surface area contributed by atoms with E-state index in [0.717, 1.165) is 48.5 Å². The summed E-state index contributed by atoms with van der Waals surface area (Å²) in [5.74, 6) is 1.59. The third-order valence-corrected chi connectivity index (χ3v) is 5.35. The minimum absolute atomic E-state index is 0.0690. The molecule has 1 N–H and O–H groups in total. The predicted molar refractivity (Wildman–Crippen MR) is 122 cm³/mol. The van der Waals surface area contributed by atoms with E-state index in [9.17, 15) is 9.90 Å². The van der Waals surface area contributed by atoms with Crippen LogP contribution in [0.5, 0.6) is 0 Å². The smallest absolute Gasteiger partial charge is 0.355 e. The summed E-state index contributed by atoms with van der Waals surface area (Å²) in [5, 5.41) is 14.2. The highest BCUT2D eigenvalue weighted by Gasteiger charge is 2.14. The van der Waals surface area contributed by atoms with E-state index in [1.807, 2.05) is 28.9 Å². The monoisotopic (exact) mass is 420 g/mol. The lowest BCUT2D eigenvalue weighted by molar-refractivity contribution is 0.0691. The highest BCUT2D eigenvalue weighted by Crippen LogP contribution is 2.23. The first-order chi connectivity index (χ1) is 15.0. The molecule has 0 aliphatic rings. The SMILES string of the molecule is CCCCCc1nc(CCC(C)C)nn1Cc1ccc(-c2cccnc2C(=O)O)cc1. The van der Waals surface area contributed by atoms with Crippen molar-refractivity contribution in [2.75, 3.05) is 0 Å². The molecule has 3 rings (SSSR count). The number of aryl methyl sites for hydroxylation is 2. The van der Waals surface area contributed by atoms with E-state index in [2.05, 4.69) is 25.8 Å². The summed E-state index contributed by atoms with van der Waals surface area (Å²) in [6, 6.07) is 11.5. The van der Waals surface area contributed by atoms with Gasteiger partial charge >= 0.3 is 5.97 Å². The van der Waals surface area contributed by atoms with Gasteiger partial charge in [-0.3, -0.25) is 0 Å². The summed E-state index contributed by atoms with van der Waals surface area (Å²) < 4.78 is 2.03. The lowest BCUT2D eigenvalue weighted by Crippen LogP contribution is -2.07. The van der Waals surface area contributed by atoms with Crippen molar-refractivity contribution in [2.45, 2.75) is 65.8 Å². The third kappa shape index (κ3) is 6.23. The number of aromatic nitrogens is 4. The maximum absolute atomic E-state index is 11.5. The summed E-state index contributed by atoms with van der Waals surface area (Å²) in [4.78, 5) is 20.3. The molecule has 0 saturated heterocycles. The Morgan fingerprint density at radius 1 is 1.10 bits per heavy atom. The largest absolute Gasteiger partial charge is 0.476 e. The van der Waals surface area contributed by atoms with Gasteiger partial charge in [-0.05, 0) is 36.0 Å². The predicted octanol–water partition coefficient (Wildman–Crippen LogP) is 5.41. The molecule has 2 heterocycles. The van der Waals surface area contributed by atoms with Gasteiger partial charge in [-0.15, -0.1) is 0 Å². The van der Waals surface area contributed by atoms with Crippen molar-refractivity contribution in [2.24, 2.45) is 5.92 Å². The zero-order chi connectivity index (χ0) is 22.2. The van der Waals surface area contributed by atoms with Crippen LogP contribution < -0.4 is 0 Å².